The highest BCUT2D eigenvalue weighted by Crippen LogP contribution is 2.27. The first-order valence-corrected chi connectivity index (χ1v) is 8.15. The van der Waals surface area contributed by atoms with Gasteiger partial charge in [-0.3, -0.25) is 4.79 Å². The molecule has 0 fully saturated rings. The summed E-state index contributed by atoms with van der Waals surface area (Å²) in [6.45, 7) is 0. The lowest BCUT2D eigenvalue weighted by Crippen LogP contribution is -1.90. The van der Waals surface area contributed by atoms with E-state index in [1.807, 2.05) is 18.2 Å². The van der Waals surface area contributed by atoms with Gasteiger partial charge in [0, 0.05) is 6.42 Å². The molecule has 0 aromatic heterocycles. The van der Waals surface area contributed by atoms with Crippen LogP contribution in [-0.4, -0.2) is 30.2 Å². The molecule has 0 aliphatic rings. The molecule has 0 bridgehead atoms. The molecule has 0 spiro atoms. The lowest BCUT2D eigenvalue weighted by atomic mass is 10.1. The highest BCUT2D eigenvalue weighted by molar-refractivity contribution is 5.93. The topological polar surface area (TPSA) is 76.0 Å². The van der Waals surface area contributed by atoms with Crippen LogP contribution in [0.15, 0.2) is 48.6 Å². The minimum Gasteiger partial charge on any atom is -0.504 e. The van der Waals surface area contributed by atoms with Crippen molar-refractivity contribution in [3.8, 4) is 23.0 Å². The summed E-state index contributed by atoms with van der Waals surface area (Å²) in [4.78, 5) is 11.9. The second kappa shape index (κ2) is 9.32. The number of ether oxygens (including phenoxy) is 2. The minimum atomic E-state index is -0.0115. The van der Waals surface area contributed by atoms with E-state index >= 15 is 0 Å². The SMILES string of the molecule is COc1ccc(/C=C/CCC(=O)/C=C/c2ccc(OC)c(O)c2)cc1O. The first kappa shape index (κ1) is 19.1. The average molecular weight is 354 g/mol. The van der Waals surface area contributed by atoms with Gasteiger partial charge in [0.15, 0.2) is 28.8 Å². The predicted octanol–water partition coefficient (Wildman–Crippen LogP) is 4.19. The number of benzene rings is 2. The first-order chi connectivity index (χ1) is 12.5. The summed E-state index contributed by atoms with van der Waals surface area (Å²) in [6, 6.07) is 10.1. The van der Waals surface area contributed by atoms with Crippen LogP contribution in [0.1, 0.15) is 24.0 Å². The number of phenolic OH excluding ortho intramolecular Hbond substituents is 2. The Hall–Kier alpha value is -3.21. The van der Waals surface area contributed by atoms with Gasteiger partial charge in [-0.2, -0.15) is 0 Å². The van der Waals surface area contributed by atoms with Gasteiger partial charge < -0.3 is 19.7 Å². The molecule has 2 N–H and O–H groups in total. The van der Waals surface area contributed by atoms with Crippen molar-refractivity contribution in [3.05, 3.63) is 59.7 Å². The summed E-state index contributed by atoms with van der Waals surface area (Å²) >= 11 is 0. The van der Waals surface area contributed by atoms with Gasteiger partial charge in [0.25, 0.3) is 0 Å². The molecule has 0 unspecified atom stereocenters. The summed E-state index contributed by atoms with van der Waals surface area (Å²) in [5, 5.41) is 19.4. The smallest absolute Gasteiger partial charge is 0.160 e. The van der Waals surface area contributed by atoms with Crippen molar-refractivity contribution in [3.63, 3.8) is 0 Å². The fourth-order valence-electron chi connectivity index (χ4n) is 2.34. The zero-order chi connectivity index (χ0) is 18.9. The van der Waals surface area contributed by atoms with Crippen molar-refractivity contribution in [2.75, 3.05) is 14.2 Å². The summed E-state index contributed by atoms with van der Waals surface area (Å²) in [5.74, 6) is 0.918. The highest BCUT2D eigenvalue weighted by atomic mass is 16.5. The average Bonchev–Trinajstić information content (AvgIpc) is 2.64. The molecule has 0 aliphatic carbocycles. The van der Waals surface area contributed by atoms with Crippen molar-refractivity contribution in [2.45, 2.75) is 12.8 Å². The van der Waals surface area contributed by atoms with Gasteiger partial charge in [-0.05, 0) is 47.9 Å². The Kier molecular flexibility index (Phi) is 6.85. The van der Waals surface area contributed by atoms with Gasteiger partial charge in [0.05, 0.1) is 14.2 Å². The largest absolute Gasteiger partial charge is 0.504 e. The third-order valence-electron chi connectivity index (χ3n) is 3.74. The monoisotopic (exact) mass is 354 g/mol. The molecule has 0 saturated carbocycles. The Morgan fingerprint density at radius 3 is 1.96 bits per heavy atom. The third kappa shape index (κ3) is 5.41. The Labute approximate surface area is 152 Å². The first-order valence-electron chi connectivity index (χ1n) is 8.15. The molecular weight excluding hydrogens is 332 g/mol. The number of carbonyl (C=O) groups is 1. The van der Waals surface area contributed by atoms with Crippen molar-refractivity contribution in [1.82, 2.24) is 0 Å². The summed E-state index contributed by atoms with van der Waals surface area (Å²) < 4.78 is 9.97. The van der Waals surface area contributed by atoms with Crippen LogP contribution in [0.4, 0.5) is 0 Å². The fraction of sp³-hybridized carbons (Fsp3) is 0.190. The van der Waals surface area contributed by atoms with E-state index in [1.165, 1.54) is 20.3 Å². The number of hydrogen-bond donors (Lipinski definition) is 2. The molecule has 2 aromatic carbocycles. The summed E-state index contributed by atoms with van der Waals surface area (Å²) in [5.41, 5.74) is 1.56. The number of rotatable bonds is 8. The summed E-state index contributed by atoms with van der Waals surface area (Å²) in [6.07, 6.45) is 7.84. The Morgan fingerprint density at radius 1 is 0.923 bits per heavy atom. The van der Waals surface area contributed by atoms with Crippen LogP contribution < -0.4 is 9.47 Å². The van der Waals surface area contributed by atoms with Gasteiger partial charge in [-0.15, -0.1) is 0 Å². The Bertz CT molecular complexity index is 821. The zero-order valence-electron chi connectivity index (χ0n) is 14.8. The molecule has 0 aliphatic heterocycles. The molecule has 136 valence electrons. The lowest BCUT2D eigenvalue weighted by molar-refractivity contribution is -0.114. The van der Waals surface area contributed by atoms with E-state index in [1.54, 1.807) is 36.4 Å². The normalized spacial score (nSPS) is 11.2. The van der Waals surface area contributed by atoms with Gasteiger partial charge in [-0.25, -0.2) is 0 Å². The van der Waals surface area contributed by atoms with E-state index in [0.717, 1.165) is 11.1 Å². The number of aromatic hydroxyl groups is 2. The van der Waals surface area contributed by atoms with E-state index in [0.29, 0.717) is 24.3 Å². The maximum Gasteiger partial charge on any atom is 0.160 e. The van der Waals surface area contributed by atoms with Gasteiger partial charge in [0.2, 0.25) is 0 Å². The van der Waals surface area contributed by atoms with Crippen LogP contribution in [0.5, 0.6) is 23.0 Å². The highest BCUT2D eigenvalue weighted by Gasteiger charge is 2.02. The van der Waals surface area contributed by atoms with Crippen LogP contribution in [0.3, 0.4) is 0 Å². The van der Waals surface area contributed by atoms with Gasteiger partial charge in [-0.1, -0.05) is 30.4 Å². The fourth-order valence-corrected chi connectivity index (χ4v) is 2.34. The van der Waals surface area contributed by atoms with Crippen LogP contribution in [0, 0.1) is 0 Å². The van der Waals surface area contributed by atoms with Crippen LogP contribution in [0.2, 0.25) is 0 Å². The molecule has 5 heteroatoms. The molecule has 0 saturated heterocycles. The van der Waals surface area contributed by atoms with E-state index in [9.17, 15) is 15.0 Å². The number of carbonyl (C=O) groups excluding carboxylic acids is 1. The number of ketones is 1. The quantitative estimate of drug-likeness (QED) is 0.695. The second-order valence-corrected chi connectivity index (χ2v) is 5.60. The zero-order valence-corrected chi connectivity index (χ0v) is 14.8. The molecule has 5 nitrogen and oxygen atoms in total. The molecule has 2 rings (SSSR count). The third-order valence-corrected chi connectivity index (χ3v) is 3.74. The maximum absolute atomic E-state index is 11.9. The Morgan fingerprint density at radius 2 is 1.46 bits per heavy atom. The molecule has 26 heavy (non-hydrogen) atoms. The Balaban J connectivity index is 1.85. The number of hydrogen-bond acceptors (Lipinski definition) is 5. The van der Waals surface area contributed by atoms with Crippen molar-refractivity contribution >= 4 is 17.9 Å². The number of methoxy groups -OCH3 is 2. The van der Waals surface area contributed by atoms with Crippen molar-refractivity contribution in [2.24, 2.45) is 0 Å². The predicted molar refractivity (Wildman–Crippen MR) is 102 cm³/mol. The van der Waals surface area contributed by atoms with E-state index in [4.69, 9.17) is 9.47 Å². The summed E-state index contributed by atoms with van der Waals surface area (Å²) in [7, 11) is 2.98. The molecule has 0 atom stereocenters. The van der Waals surface area contributed by atoms with Crippen LogP contribution in [-0.2, 0) is 4.79 Å². The minimum absolute atomic E-state index is 0.0115. The van der Waals surface area contributed by atoms with Crippen LogP contribution >= 0.6 is 0 Å². The molecule has 2 aromatic rings. The maximum atomic E-state index is 11.9. The molecule has 0 radical (unpaired) electrons. The van der Waals surface area contributed by atoms with Crippen molar-refractivity contribution in [1.29, 1.82) is 0 Å². The number of allylic oxidation sites excluding steroid dienone is 2. The number of phenols is 2. The van der Waals surface area contributed by atoms with E-state index in [-0.39, 0.29) is 17.3 Å². The van der Waals surface area contributed by atoms with E-state index in [2.05, 4.69) is 0 Å². The molecular formula is C21H22O5. The van der Waals surface area contributed by atoms with E-state index < -0.39 is 0 Å². The molecule has 0 heterocycles. The molecule has 0 amide bonds. The van der Waals surface area contributed by atoms with Crippen LogP contribution in [0.25, 0.3) is 12.2 Å². The second-order valence-electron chi connectivity index (χ2n) is 5.60. The standard InChI is InChI=1S/C21H22O5/c1-25-20-11-8-15(13-18(20)23)5-3-4-6-17(22)10-7-16-9-12-21(26-2)19(24)14-16/h3,5,7-14,23-24H,4,6H2,1-2H3/b5-3+,10-7+. The van der Waals surface area contributed by atoms with Gasteiger partial charge >= 0.3 is 0 Å². The van der Waals surface area contributed by atoms with Gasteiger partial charge in [0.1, 0.15) is 0 Å². The van der Waals surface area contributed by atoms with Crippen molar-refractivity contribution < 1.29 is 24.5 Å². The lowest BCUT2D eigenvalue weighted by Gasteiger charge is -2.03.